The van der Waals surface area contributed by atoms with Crippen molar-refractivity contribution >= 4 is 5.97 Å². The average molecular weight is 279 g/mol. The van der Waals surface area contributed by atoms with Gasteiger partial charge in [0.05, 0.1) is 6.54 Å². The molecule has 2 atom stereocenters. The number of carbonyl (C=O) groups excluding carboxylic acids is 1. The lowest BCUT2D eigenvalue weighted by Gasteiger charge is -2.46. The van der Waals surface area contributed by atoms with Crippen molar-refractivity contribution < 1.29 is 18.3 Å². The van der Waals surface area contributed by atoms with Crippen LogP contribution in [0.2, 0.25) is 0 Å². The Bertz CT molecular complexity index is 660. The van der Waals surface area contributed by atoms with E-state index < -0.39 is 29.1 Å². The van der Waals surface area contributed by atoms with Gasteiger partial charge in [0.15, 0.2) is 5.60 Å². The van der Waals surface area contributed by atoms with Crippen molar-refractivity contribution in [3.63, 3.8) is 0 Å². The Labute approximate surface area is 113 Å². The minimum atomic E-state index is -1.18. The Hall–Kier alpha value is -2.31. The molecule has 1 aliphatic rings. The number of nitrogens with zero attached hydrogens (tertiary/aromatic N) is 3. The summed E-state index contributed by atoms with van der Waals surface area (Å²) in [6, 6.07) is 3.21. The molecule has 3 rings (SSSR count). The van der Waals surface area contributed by atoms with Crippen LogP contribution < -0.4 is 0 Å². The first-order chi connectivity index (χ1) is 9.53. The van der Waals surface area contributed by atoms with Gasteiger partial charge in [0, 0.05) is 11.6 Å². The summed E-state index contributed by atoms with van der Waals surface area (Å²) in [5, 5.41) is 3.93. The van der Waals surface area contributed by atoms with Crippen LogP contribution in [0.15, 0.2) is 30.9 Å². The number of cyclic esters (lactones) is 1. The first kappa shape index (κ1) is 12.7. The van der Waals surface area contributed by atoms with Gasteiger partial charge in [0.2, 0.25) is 0 Å². The topological polar surface area (TPSA) is 57.0 Å². The molecule has 0 radical (unpaired) electrons. The quantitative estimate of drug-likeness (QED) is 0.802. The zero-order valence-corrected chi connectivity index (χ0v) is 10.6. The molecule has 2 heterocycles. The van der Waals surface area contributed by atoms with Gasteiger partial charge in [0.1, 0.15) is 30.2 Å². The summed E-state index contributed by atoms with van der Waals surface area (Å²) in [7, 11) is 0. The lowest BCUT2D eigenvalue weighted by atomic mass is 9.77. The van der Waals surface area contributed by atoms with E-state index >= 15 is 0 Å². The highest BCUT2D eigenvalue weighted by Crippen LogP contribution is 2.45. The van der Waals surface area contributed by atoms with Crippen molar-refractivity contribution in [3.8, 4) is 0 Å². The molecule has 0 saturated carbocycles. The fraction of sp³-hybridized carbons (Fsp3) is 0.308. The Morgan fingerprint density at radius 3 is 2.80 bits per heavy atom. The maximum atomic E-state index is 14.0. The maximum absolute atomic E-state index is 14.0. The average Bonchev–Trinajstić information content (AvgIpc) is 2.90. The van der Waals surface area contributed by atoms with Crippen LogP contribution in [0.4, 0.5) is 8.78 Å². The van der Waals surface area contributed by atoms with Gasteiger partial charge in [-0.05, 0) is 19.1 Å². The molecule has 0 aliphatic carbocycles. The third-order valence-corrected chi connectivity index (χ3v) is 3.59. The lowest BCUT2D eigenvalue weighted by molar-refractivity contribution is -0.219. The van der Waals surface area contributed by atoms with Crippen LogP contribution in [0.1, 0.15) is 12.5 Å². The molecule has 104 valence electrons. The zero-order chi connectivity index (χ0) is 14.3. The summed E-state index contributed by atoms with van der Waals surface area (Å²) in [5.74, 6) is -2.40. The number of halogens is 2. The van der Waals surface area contributed by atoms with E-state index in [4.69, 9.17) is 4.74 Å². The SMILES string of the molecule is C[C@H]1C(=O)O[C@]1(Cn1cncn1)c1ccc(F)cc1F. The number of hydrogen-bond acceptors (Lipinski definition) is 4. The summed E-state index contributed by atoms with van der Waals surface area (Å²) in [5.41, 5.74) is -1.04. The van der Waals surface area contributed by atoms with Crippen molar-refractivity contribution in [1.29, 1.82) is 0 Å². The summed E-state index contributed by atoms with van der Waals surface area (Å²) < 4.78 is 33.7. The summed E-state index contributed by atoms with van der Waals surface area (Å²) in [6.07, 6.45) is 2.78. The molecular weight excluding hydrogens is 268 g/mol. The number of carbonyl (C=O) groups is 1. The Balaban J connectivity index is 2.04. The van der Waals surface area contributed by atoms with Crippen molar-refractivity contribution in [2.24, 2.45) is 5.92 Å². The molecule has 0 unspecified atom stereocenters. The highest BCUT2D eigenvalue weighted by Gasteiger charge is 2.56. The number of hydrogen-bond donors (Lipinski definition) is 0. The normalized spacial score (nSPS) is 25.1. The van der Waals surface area contributed by atoms with Gasteiger partial charge in [0.25, 0.3) is 0 Å². The van der Waals surface area contributed by atoms with E-state index in [-0.39, 0.29) is 12.1 Å². The fourth-order valence-electron chi connectivity index (χ4n) is 2.42. The Kier molecular flexibility index (Phi) is 2.77. The standard InChI is InChI=1S/C13H11F2N3O2/c1-8-12(19)20-13(8,5-18-7-16-6-17-18)10-3-2-9(14)4-11(10)15/h2-4,6-8H,5H2,1H3/t8-,13-/m0/s1. The van der Waals surface area contributed by atoms with Gasteiger partial charge in [-0.15, -0.1) is 0 Å². The van der Waals surface area contributed by atoms with Crippen molar-refractivity contribution in [2.45, 2.75) is 19.1 Å². The second kappa shape index (κ2) is 4.36. The van der Waals surface area contributed by atoms with Gasteiger partial charge in [-0.3, -0.25) is 4.79 Å². The molecule has 1 saturated heterocycles. The van der Waals surface area contributed by atoms with Crippen LogP contribution >= 0.6 is 0 Å². The second-order valence-corrected chi connectivity index (χ2v) is 4.75. The van der Waals surface area contributed by atoms with E-state index in [1.54, 1.807) is 6.92 Å². The predicted molar refractivity (Wildman–Crippen MR) is 63.3 cm³/mol. The third kappa shape index (κ3) is 1.77. The molecule has 1 aromatic carbocycles. The van der Waals surface area contributed by atoms with Crippen LogP contribution in [0.5, 0.6) is 0 Å². The van der Waals surface area contributed by atoms with E-state index in [2.05, 4.69) is 10.1 Å². The maximum Gasteiger partial charge on any atom is 0.314 e. The number of esters is 1. The Morgan fingerprint density at radius 2 is 2.25 bits per heavy atom. The van der Waals surface area contributed by atoms with E-state index in [1.165, 1.54) is 23.4 Å². The minimum absolute atomic E-state index is 0.127. The van der Waals surface area contributed by atoms with Gasteiger partial charge in [-0.25, -0.2) is 18.4 Å². The number of aromatic nitrogens is 3. The fourth-order valence-corrected chi connectivity index (χ4v) is 2.42. The van der Waals surface area contributed by atoms with Crippen LogP contribution in [0, 0.1) is 17.6 Å². The number of ether oxygens (including phenoxy) is 1. The molecule has 7 heteroatoms. The van der Waals surface area contributed by atoms with Crippen LogP contribution in [-0.4, -0.2) is 20.7 Å². The highest BCUT2D eigenvalue weighted by atomic mass is 19.1. The van der Waals surface area contributed by atoms with Gasteiger partial charge in [-0.2, -0.15) is 5.10 Å². The Morgan fingerprint density at radius 1 is 1.45 bits per heavy atom. The molecule has 0 bridgehead atoms. The molecule has 0 amide bonds. The van der Waals surface area contributed by atoms with Crippen molar-refractivity contribution in [2.75, 3.05) is 0 Å². The molecular formula is C13H11F2N3O2. The largest absolute Gasteiger partial charge is 0.451 e. The zero-order valence-electron chi connectivity index (χ0n) is 10.6. The van der Waals surface area contributed by atoms with Gasteiger partial charge < -0.3 is 4.74 Å². The van der Waals surface area contributed by atoms with E-state index in [9.17, 15) is 13.6 Å². The monoisotopic (exact) mass is 279 g/mol. The van der Waals surface area contributed by atoms with E-state index in [0.717, 1.165) is 12.1 Å². The number of rotatable bonds is 3. The first-order valence-electron chi connectivity index (χ1n) is 6.04. The van der Waals surface area contributed by atoms with E-state index in [0.29, 0.717) is 0 Å². The predicted octanol–water partition coefficient (Wildman–Crippen LogP) is 1.64. The van der Waals surface area contributed by atoms with Crippen molar-refractivity contribution in [1.82, 2.24) is 14.8 Å². The van der Waals surface area contributed by atoms with E-state index in [1.807, 2.05) is 0 Å². The second-order valence-electron chi connectivity index (χ2n) is 4.75. The highest BCUT2D eigenvalue weighted by molar-refractivity contribution is 5.80. The number of benzene rings is 1. The van der Waals surface area contributed by atoms with Gasteiger partial charge in [-0.1, -0.05) is 0 Å². The molecule has 5 nitrogen and oxygen atoms in total. The lowest BCUT2D eigenvalue weighted by Crippen LogP contribution is -2.56. The third-order valence-electron chi connectivity index (χ3n) is 3.59. The summed E-state index contributed by atoms with van der Waals surface area (Å²) in [6.45, 7) is 1.77. The minimum Gasteiger partial charge on any atom is -0.451 e. The molecule has 1 fully saturated rings. The van der Waals surface area contributed by atoms with Gasteiger partial charge >= 0.3 is 5.97 Å². The molecule has 0 N–H and O–H groups in total. The molecule has 2 aromatic rings. The molecule has 1 aromatic heterocycles. The van der Waals surface area contributed by atoms with Crippen molar-refractivity contribution in [3.05, 3.63) is 48.1 Å². The van der Waals surface area contributed by atoms with Crippen LogP contribution in [0.25, 0.3) is 0 Å². The molecule has 0 spiro atoms. The summed E-state index contributed by atoms with van der Waals surface area (Å²) in [4.78, 5) is 15.3. The first-order valence-corrected chi connectivity index (χ1v) is 6.04. The molecule has 20 heavy (non-hydrogen) atoms. The van der Waals surface area contributed by atoms with Crippen LogP contribution in [0.3, 0.4) is 0 Å². The van der Waals surface area contributed by atoms with Crippen LogP contribution in [-0.2, 0) is 21.7 Å². The summed E-state index contributed by atoms with van der Waals surface area (Å²) >= 11 is 0. The molecule has 1 aliphatic heterocycles. The smallest absolute Gasteiger partial charge is 0.314 e.